The smallest absolute Gasteiger partial charge is 0.230 e. The minimum Gasteiger partial charge on any atom is -0.420 e. The van der Waals surface area contributed by atoms with Crippen LogP contribution in [0.25, 0.3) is 22.0 Å². The van der Waals surface area contributed by atoms with Crippen LogP contribution >= 0.6 is 11.3 Å². The molecule has 4 aromatic heterocycles. The molecular formula is C26H18N6OS. The van der Waals surface area contributed by atoms with Gasteiger partial charge in [0, 0.05) is 0 Å². The lowest BCUT2D eigenvalue weighted by atomic mass is 9.84. The average Bonchev–Trinajstić information content (AvgIpc) is 3.63. The second-order valence-electron chi connectivity index (χ2n) is 8.14. The number of rotatable bonds is 3. The lowest BCUT2D eigenvalue weighted by Gasteiger charge is -2.26. The van der Waals surface area contributed by atoms with Crippen LogP contribution in [0.1, 0.15) is 28.3 Å². The molecule has 8 heteroatoms. The van der Waals surface area contributed by atoms with Gasteiger partial charge >= 0.3 is 0 Å². The van der Waals surface area contributed by atoms with E-state index in [1.54, 1.807) is 22.2 Å². The zero-order valence-corrected chi connectivity index (χ0v) is 19.0. The lowest BCUT2D eigenvalue weighted by molar-refractivity contribution is 0.402. The molecule has 6 aromatic rings. The first kappa shape index (κ1) is 19.2. The first-order valence-electron chi connectivity index (χ1n) is 10.9. The largest absolute Gasteiger partial charge is 0.420 e. The number of ether oxygens (including phenoxy) is 1. The Kier molecular flexibility index (Phi) is 4.16. The van der Waals surface area contributed by atoms with E-state index in [4.69, 9.17) is 19.9 Å². The molecule has 0 spiro atoms. The van der Waals surface area contributed by atoms with Gasteiger partial charge < -0.3 is 4.74 Å². The quantitative estimate of drug-likeness (QED) is 0.340. The van der Waals surface area contributed by atoms with Gasteiger partial charge in [0.25, 0.3) is 0 Å². The monoisotopic (exact) mass is 462 g/mol. The van der Waals surface area contributed by atoms with Crippen molar-refractivity contribution >= 4 is 17.0 Å². The highest BCUT2D eigenvalue weighted by Crippen LogP contribution is 2.49. The Morgan fingerprint density at radius 2 is 1.68 bits per heavy atom. The van der Waals surface area contributed by atoms with Gasteiger partial charge in [0.2, 0.25) is 11.8 Å². The van der Waals surface area contributed by atoms with Crippen molar-refractivity contribution in [2.75, 3.05) is 0 Å². The van der Waals surface area contributed by atoms with E-state index in [9.17, 15) is 0 Å². The third-order valence-electron chi connectivity index (χ3n) is 6.10. The molecule has 34 heavy (non-hydrogen) atoms. The van der Waals surface area contributed by atoms with E-state index in [1.807, 2.05) is 65.5 Å². The number of hydrogen-bond acceptors (Lipinski definition) is 6. The number of thiophene rings is 1. The van der Waals surface area contributed by atoms with Crippen molar-refractivity contribution in [3.63, 3.8) is 0 Å². The first-order valence-corrected chi connectivity index (χ1v) is 11.8. The summed E-state index contributed by atoms with van der Waals surface area (Å²) in [6.07, 6.45) is 1.67. The highest BCUT2D eigenvalue weighted by Gasteiger charge is 2.38. The van der Waals surface area contributed by atoms with Gasteiger partial charge in [0.15, 0.2) is 11.5 Å². The Morgan fingerprint density at radius 1 is 0.882 bits per heavy atom. The number of nitrogens with zero attached hydrogens (tertiary/aromatic N) is 6. The van der Waals surface area contributed by atoms with E-state index < -0.39 is 0 Å². The minimum absolute atomic E-state index is 0.144. The van der Waals surface area contributed by atoms with Crippen molar-refractivity contribution in [3.8, 4) is 28.1 Å². The van der Waals surface area contributed by atoms with E-state index in [1.165, 1.54) is 0 Å². The Hall–Kier alpha value is -4.30. The highest BCUT2D eigenvalue weighted by molar-refractivity contribution is 7.13. The molecule has 1 aliphatic heterocycles. The van der Waals surface area contributed by atoms with Crippen LogP contribution in [0.5, 0.6) is 11.8 Å². The van der Waals surface area contributed by atoms with Crippen LogP contribution in [0.2, 0.25) is 0 Å². The fourth-order valence-electron chi connectivity index (χ4n) is 4.61. The summed E-state index contributed by atoms with van der Waals surface area (Å²) in [6.45, 7) is 2.02. The van der Waals surface area contributed by atoms with Crippen LogP contribution in [0, 0.1) is 6.92 Å². The molecule has 0 aliphatic carbocycles. The second-order valence-corrected chi connectivity index (χ2v) is 9.09. The Bertz CT molecular complexity index is 1640. The van der Waals surface area contributed by atoms with Crippen LogP contribution < -0.4 is 4.74 Å². The zero-order valence-electron chi connectivity index (χ0n) is 18.2. The summed E-state index contributed by atoms with van der Waals surface area (Å²) in [5, 5.41) is 11.6. The van der Waals surface area contributed by atoms with E-state index in [-0.39, 0.29) is 5.92 Å². The van der Waals surface area contributed by atoms with E-state index >= 15 is 0 Å². The molecule has 0 saturated carbocycles. The summed E-state index contributed by atoms with van der Waals surface area (Å²) in [5.74, 6) is 1.74. The van der Waals surface area contributed by atoms with E-state index in [0.29, 0.717) is 17.6 Å². The molecule has 7 nitrogen and oxygen atoms in total. The molecular weight excluding hydrogens is 444 g/mol. The SMILES string of the molecule is Cc1nn(-c2ccccc2)c2c1[C@H](c1ccccc1)c1c(ncn3nc(-c4cccs4)nc13)O2. The molecule has 0 amide bonds. The molecule has 0 radical (unpaired) electrons. The van der Waals surface area contributed by atoms with E-state index in [2.05, 4.69) is 29.2 Å². The molecule has 7 rings (SSSR count). The summed E-state index contributed by atoms with van der Waals surface area (Å²) < 4.78 is 10.1. The third kappa shape index (κ3) is 2.82. The molecule has 0 saturated heterocycles. The lowest BCUT2D eigenvalue weighted by Crippen LogP contribution is -2.16. The second kappa shape index (κ2) is 7.36. The number of benzene rings is 2. The van der Waals surface area contributed by atoms with Gasteiger partial charge in [-0.2, -0.15) is 5.10 Å². The van der Waals surface area contributed by atoms with Crippen molar-refractivity contribution in [1.29, 1.82) is 0 Å². The molecule has 0 bridgehead atoms. The highest BCUT2D eigenvalue weighted by atomic mass is 32.1. The van der Waals surface area contributed by atoms with E-state index in [0.717, 1.165) is 38.6 Å². The number of fused-ring (bicyclic) bond motifs is 4. The summed E-state index contributed by atoms with van der Waals surface area (Å²) in [4.78, 5) is 10.6. The van der Waals surface area contributed by atoms with Crippen molar-refractivity contribution in [2.24, 2.45) is 0 Å². The predicted molar refractivity (Wildman–Crippen MR) is 130 cm³/mol. The fourth-order valence-corrected chi connectivity index (χ4v) is 5.26. The van der Waals surface area contributed by atoms with Gasteiger partial charge in [-0.25, -0.2) is 19.2 Å². The standard InChI is InChI=1S/C26H18N6OS/c1-16-20-21(17-9-4-2-5-10-17)22-24-28-23(19-13-8-14-34-19)30-31(24)15-27-25(22)33-26(20)32(29-16)18-11-6-3-7-12-18/h2-15,21H,1H3/t21-/m0/s1. The molecule has 1 atom stereocenters. The maximum absolute atomic E-state index is 6.45. The summed E-state index contributed by atoms with van der Waals surface area (Å²) in [6, 6.07) is 24.4. The van der Waals surface area contributed by atoms with Crippen molar-refractivity contribution in [2.45, 2.75) is 12.8 Å². The van der Waals surface area contributed by atoms with Gasteiger partial charge in [-0.3, -0.25) is 0 Å². The van der Waals surface area contributed by atoms with Gasteiger partial charge in [-0.1, -0.05) is 54.6 Å². The van der Waals surface area contributed by atoms with Gasteiger partial charge in [-0.15, -0.1) is 16.4 Å². The number of para-hydroxylation sites is 1. The molecule has 2 aromatic carbocycles. The van der Waals surface area contributed by atoms with Gasteiger partial charge in [-0.05, 0) is 36.1 Å². The molecule has 164 valence electrons. The summed E-state index contributed by atoms with van der Waals surface area (Å²) in [7, 11) is 0. The molecule has 0 unspecified atom stereocenters. The molecule has 1 aliphatic rings. The van der Waals surface area contributed by atoms with Crippen LogP contribution in [-0.4, -0.2) is 29.4 Å². The van der Waals surface area contributed by atoms with Crippen molar-refractivity contribution < 1.29 is 4.74 Å². The van der Waals surface area contributed by atoms with Gasteiger partial charge in [0.1, 0.15) is 6.33 Å². The Balaban J connectivity index is 1.51. The maximum Gasteiger partial charge on any atom is 0.230 e. The van der Waals surface area contributed by atoms with Crippen LogP contribution in [0.3, 0.4) is 0 Å². The maximum atomic E-state index is 6.45. The number of aromatic nitrogens is 6. The molecule has 0 fully saturated rings. The van der Waals surface area contributed by atoms with Crippen LogP contribution in [0.15, 0.2) is 84.5 Å². The van der Waals surface area contributed by atoms with Crippen LogP contribution in [0.4, 0.5) is 0 Å². The molecule has 0 N–H and O–H groups in total. The van der Waals surface area contributed by atoms with Gasteiger partial charge in [0.05, 0.1) is 33.3 Å². The van der Waals surface area contributed by atoms with Crippen molar-refractivity contribution in [1.82, 2.24) is 29.4 Å². The Morgan fingerprint density at radius 3 is 2.44 bits per heavy atom. The normalized spacial score (nSPS) is 14.6. The molecule has 5 heterocycles. The third-order valence-corrected chi connectivity index (χ3v) is 6.96. The Labute approximate surface area is 198 Å². The number of hydrogen-bond donors (Lipinski definition) is 0. The van der Waals surface area contributed by atoms with Crippen LogP contribution in [-0.2, 0) is 0 Å². The number of aryl methyl sites for hydroxylation is 1. The average molecular weight is 463 g/mol. The summed E-state index contributed by atoms with van der Waals surface area (Å²) in [5.41, 5.74) is 5.61. The first-order chi connectivity index (χ1) is 16.8. The fraction of sp³-hybridized carbons (Fsp3) is 0.0769. The zero-order chi connectivity index (χ0) is 22.6. The summed E-state index contributed by atoms with van der Waals surface area (Å²) >= 11 is 1.61. The topological polar surface area (TPSA) is 70.1 Å². The predicted octanol–water partition coefficient (Wildman–Crippen LogP) is 5.63. The minimum atomic E-state index is -0.144. The van der Waals surface area contributed by atoms with Crippen molar-refractivity contribution in [3.05, 3.63) is 107 Å².